The normalized spacial score (nSPS) is 14.3. The van der Waals surface area contributed by atoms with Gasteiger partial charge in [-0.25, -0.2) is 14.3 Å². The molecule has 5 rings (SSSR count). The summed E-state index contributed by atoms with van der Waals surface area (Å²) in [6.07, 6.45) is -3.42. The number of carbonyl (C=O) groups is 1. The second kappa shape index (κ2) is 7.93. The Morgan fingerprint density at radius 1 is 1.09 bits per heavy atom. The van der Waals surface area contributed by atoms with E-state index in [9.17, 15) is 18.0 Å². The van der Waals surface area contributed by atoms with Crippen molar-refractivity contribution in [1.29, 1.82) is 0 Å². The minimum Gasteiger partial charge on any atom is -0.419 e. The molecule has 0 bridgehead atoms. The van der Waals surface area contributed by atoms with Gasteiger partial charge in [-0.1, -0.05) is 6.07 Å². The number of halogens is 3. The Kier molecular flexibility index (Phi) is 5.05. The molecule has 0 saturated carbocycles. The van der Waals surface area contributed by atoms with Gasteiger partial charge in [-0.2, -0.15) is 28.5 Å². The fraction of sp³-hybridized carbons (Fsp3) is 0.227. The van der Waals surface area contributed by atoms with Crippen molar-refractivity contribution in [1.82, 2.24) is 30.1 Å². The molecule has 0 radical (unpaired) electrons. The lowest BCUT2D eigenvalue weighted by atomic mass is 9.98. The highest BCUT2D eigenvalue weighted by atomic mass is 19.4. The summed E-state index contributed by atoms with van der Waals surface area (Å²) < 4.78 is 45.1. The third kappa shape index (κ3) is 4.14. The zero-order chi connectivity index (χ0) is 23.2. The van der Waals surface area contributed by atoms with Crippen LogP contribution < -0.4 is 10.1 Å². The number of carbonyl (C=O) groups excluding carboxylic acids is 1. The third-order valence-corrected chi connectivity index (χ3v) is 5.31. The lowest BCUT2D eigenvalue weighted by Crippen LogP contribution is -2.40. The molecule has 0 spiro atoms. The number of hydrogen-bond donors (Lipinski definition) is 1. The van der Waals surface area contributed by atoms with Crippen molar-refractivity contribution < 1.29 is 22.7 Å². The van der Waals surface area contributed by atoms with Crippen LogP contribution in [0.2, 0.25) is 0 Å². The SMILES string of the molecule is Cc1cn2nc(-c3ccc(-c4ccc(C5CNC5)nn4)c(OC(=O)C(F)(F)F)c3)ccc2n1. The Labute approximate surface area is 185 Å². The van der Waals surface area contributed by atoms with Crippen LogP contribution in [0.25, 0.3) is 28.2 Å². The molecule has 1 aromatic carbocycles. The summed E-state index contributed by atoms with van der Waals surface area (Å²) in [5.41, 5.74) is 3.62. The maximum Gasteiger partial charge on any atom is 0.491 e. The summed E-state index contributed by atoms with van der Waals surface area (Å²) in [4.78, 5) is 15.9. The molecule has 1 fully saturated rings. The van der Waals surface area contributed by atoms with E-state index in [1.807, 2.05) is 6.92 Å². The standard InChI is InChI=1S/C22H17F3N6O2/c1-12-11-31-20(27-12)7-6-17(30-31)13-2-3-15(19(8-13)33-21(32)22(23,24)25)18-5-4-16(28-29-18)14-9-26-10-14/h2-8,11,14,26H,9-10H2,1H3. The Hall–Kier alpha value is -3.86. The van der Waals surface area contributed by atoms with Gasteiger partial charge in [0.05, 0.1) is 29.0 Å². The van der Waals surface area contributed by atoms with Crippen LogP contribution in [0.5, 0.6) is 5.75 Å². The van der Waals surface area contributed by atoms with Crippen LogP contribution in [0.4, 0.5) is 13.2 Å². The number of fused-ring (bicyclic) bond motifs is 1. The van der Waals surface area contributed by atoms with Gasteiger partial charge >= 0.3 is 12.1 Å². The van der Waals surface area contributed by atoms with Crippen molar-refractivity contribution >= 4 is 11.6 Å². The number of alkyl halides is 3. The topological polar surface area (TPSA) is 94.3 Å². The molecule has 3 aromatic heterocycles. The van der Waals surface area contributed by atoms with E-state index in [0.29, 0.717) is 16.9 Å². The summed E-state index contributed by atoms with van der Waals surface area (Å²) >= 11 is 0. The first-order chi connectivity index (χ1) is 15.8. The minimum atomic E-state index is -5.15. The zero-order valence-corrected chi connectivity index (χ0v) is 17.3. The minimum absolute atomic E-state index is 0.210. The smallest absolute Gasteiger partial charge is 0.419 e. The number of nitrogens with zero attached hydrogens (tertiary/aromatic N) is 5. The molecule has 4 aromatic rings. The van der Waals surface area contributed by atoms with E-state index in [1.165, 1.54) is 12.1 Å². The fourth-order valence-electron chi connectivity index (χ4n) is 3.49. The summed E-state index contributed by atoms with van der Waals surface area (Å²) in [7, 11) is 0. The van der Waals surface area contributed by atoms with Gasteiger partial charge in [-0.05, 0) is 43.3 Å². The first-order valence-corrected chi connectivity index (χ1v) is 10.1. The molecule has 8 nitrogen and oxygen atoms in total. The van der Waals surface area contributed by atoms with E-state index in [0.717, 1.165) is 24.5 Å². The largest absolute Gasteiger partial charge is 0.491 e. The number of aryl methyl sites for hydroxylation is 1. The molecule has 4 heterocycles. The van der Waals surface area contributed by atoms with Gasteiger partial charge in [0, 0.05) is 30.1 Å². The van der Waals surface area contributed by atoms with Crippen molar-refractivity contribution in [2.45, 2.75) is 19.0 Å². The highest BCUT2D eigenvalue weighted by Crippen LogP contribution is 2.34. The maximum absolute atomic E-state index is 12.9. The Morgan fingerprint density at radius 3 is 2.55 bits per heavy atom. The second-order valence-electron chi connectivity index (χ2n) is 7.70. The predicted molar refractivity (Wildman–Crippen MR) is 111 cm³/mol. The Bertz CT molecular complexity index is 1350. The van der Waals surface area contributed by atoms with Crippen LogP contribution >= 0.6 is 0 Å². The molecule has 1 aliphatic rings. The lowest BCUT2D eigenvalue weighted by molar-refractivity contribution is -0.189. The fourth-order valence-corrected chi connectivity index (χ4v) is 3.49. The number of aromatic nitrogens is 5. The third-order valence-electron chi connectivity index (χ3n) is 5.31. The maximum atomic E-state index is 12.9. The molecule has 1 saturated heterocycles. The molecule has 0 aliphatic carbocycles. The van der Waals surface area contributed by atoms with Crippen molar-refractivity contribution in [2.75, 3.05) is 13.1 Å². The van der Waals surface area contributed by atoms with Gasteiger partial charge in [0.1, 0.15) is 5.75 Å². The summed E-state index contributed by atoms with van der Waals surface area (Å²) in [6.45, 7) is 3.42. The molecular weight excluding hydrogens is 437 g/mol. The number of benzene rings is 1. The highest BCUT2D eigenvalue weighted by molar-refractivity contribution is 5.82. The van der Waals surface area contributed by atoms with Crippen molar-refractivity contribution in [3.8, 4) is 28.3 Å². The average molecular weight is 454 g/mol. The number of imidazole rings is 1. The van der Waals surface area contributed by atoms with E-state index < -0.39 is 12.1 Å². The van der Waals surface area contributed by atoms with Gasteiger partial charge in [-0.3, -0.25) is 0 Å². The molecule has 1 aliphatic heterocycles. The molecular formula is C22H17F3N6O2. The number of hydrogen-bond acceptors (Lipinski definition) is 7. The quantitative estimate of drug-likeness (QED) is 0.373. The van der Waals surface area contributed by atoms with E-state index >= 15 is 0 Å². The average Bonchev–Trinajstić information content (AvgIpc) is 3.11. The van der Waals surface area contributed by atoms with E-state index in [4.69, 9.17) is 4.74 Å². The van der Waals surface area contributed by atoms with E-state index in [-0.39, 0.29) is 22.9 Å². The second-order valence-corrected chi connectivity index (χ2v) is 7.70. The van der Waals surface area contributed by atoms with Crippen LogP contribution in [0.3, 0.4) is 0 Å². The summed E-state index contributed by atoms with van der Waals surface area (Å²) in [6, 6.07) is 11.4. The van der Waals surface area contributed by atoms with Crippen molar-refractivity contribution in [2.24, 2.45) is 0 Å². The van der Waals surface area contributed by atoms with Crippen LogP contribution in [-0.4, -0.2) is 50.0 Å². The summed E-state index contributed by atoms with van der Waals surface area (Å²) in [5, 5.41) is 15.9. The molecule has 0 atom stereocenters. The monoisotopic (exact) mass is 454 g/mol. The number of rotatable bonds is 4. The molecule has 33 heavy (non-hydrogen) atoms. The summed E-state index contributed by atoms with van der Waals surface area (Å²) in [5.74, 6) is -2.35. The molecule has 0 unspecified atom stereocenters. The molecule has 168 valence electrons. The predicted octanol–water partition coefficient (Wildman–Crippen LogP) is 3.32. The van der Waals surface area contributed by atoms with Gasteiger partial charge < -0.3 is 10.1 Å². The van der Waals surface area contributed by atoms with Crippen LogP contribution in [-0.2, 0) is 4.79 Å². The van der Waals surface area contributed by atoms with Crippen molar-refractivity contribution in [3.05, 3.63) is 60.0 Å². The van der Waals surface area contributed by atoms with Gasteiger partial charge in [0.15, 0.2) is 5.65 Å². The van der Waals surface area contributed by atoms with Gasteiger partial charge in [0.25, 0.3) is 0 Å². The van der Waals surface area contributed by atoms with E-state index in [1.54, 1.807) is 41.0 Å². The number of nitrogens with one attached hydrogen (secondary N) is 1. The number of esters is 1. The number of ether oxygens (including phenoxy) is 1. The Morgan fingerprint density at radius 2 is 1.88 bits per heavy atom. The highest BCUT2D eigenvalue weighted by Gasteiger charge is 2.41. The Balaban J connectivity index is 1.55. The van der Waals surface area contributed by atoms with Crippen LogP contribution in [0, 0.1) is 6.92 Å². The van der Waals surface area contributed by atoms with Gasteiger partial charge in [0.2, 0.25) is 0 Å². The lowest BCUT2D eigenvalue weighted by Gasteiger charge is -2.25. The zero-order valence-electron chi connectivity index (χ0n) is 17.3. The molecule has 0 amide bonds. The molecule has 11 heteroatoms. The first kappa shape index (κ1) is 21.0. The first-order valence-electron chi connectivity index (χ1n) is 10.1. The van der Waals surface area contributed by atoms with Gasteiger partial charge in [-0.15, -0.1) is 0 Å². The van der Waals surface area contributed by atoms with E-state index in [2.05, 4.69) is 25.6 Å². The van der Waals surface area contributed by atoms with Crippen molar-refractivity contribution in [3.63, 3.8) is 0 Å². The van der Waals surface area contributed by atoms with Crippen LogP contribution in [0.1, 0.15) is 17.3 Å². The molecule has 1 N–H and O–H groups in total. The van der Waals surface area contributed by atoms with Crippen LogP contribution in [0.15, 0.2) is 48.7 Å².